The van der Waals surface area contributed by atoms with Crippen molar-refractivity contribution in [2.45, 2.75) is 13.0 Å². The summed E-state index contributed by atoms with van der Waals surface area (Å²) in [5.41, 5.74) is 3.46. The lowest BCUT2D eigenvalue weighted by atomic mass is 9.95. The molecule has 4 aromatic rings. The molecule has 3 aromatic carbocycles. The van der Waals surface area contributed by atoms with Crippen LogP contribution < -0.4 is 24.8 Å². The van der Waals surface area contributed by atoms with Gasteiger partial charge in [-0.2, -0.15) is 4.98 Å². The third-order valence-corrected chi connectivity index (χ3v) is 6.71. The Labute approximate surface area is 228 Å². The summed E-state index contributed by atoms with van der Waals surface area (Å²) in [4.78, 5) is 18.4. The highest BCUT2D eigenvalue weighted by Gasteiger charge is 2.35. The topological polar surface area (TPSA) is 99.5 Å². The maximum absolute atomic E-state index is 13.6. The van der Waals surface area contributed by atoms with Crippen molar-refractivity contribution in [3.63, 3.8) is 0 Å². The molecule has 1 aliphatic heterocycles. The number of nitrogens with one attached hydrogen (secondary N) is 2. The van der Waals surface area contributed by atoms with Crippen LogP contribution in [0, 0.1) is 0 Å². The van der Waals surface area contributed by atoms with Crippen molar-refractivity contribution in [1.29, 1.82) is 0 Å². The van der Waals surface area contributed by atoms with Crippen LogP contribution in [0.3, 0.4) is 0 Å². The van der Waals surface area contributed by atoms with E-state index in [1.165, 1.54) is 0 Å². The predicted octanol–water partition coefficient (Wildman–Crippen LogP) is 5.66. The highest BCUT2D eigenvalue weighted by atomic mass is 79.9. The first-order chi connectivity index (χ1) is 18.4. The number of para-hydroxylation sites is 1. The highest BCUT2D eigenvalue weighted by molar-refractivity contribution is 9.10. The molecule has 9 nitrogen and oxygen atoms in total. The van der Waals surface area contributed by atoms with Gasteiger partial charge in [-0.1, -0.05) is 46.3 Å². The number of methoxy groups -OCH3 is 3. The van der Waals surface area contributed by atoms with Crippen LogP contribution in [-0.4, -0.2) is 42.0 Å². The Hall–Kier alpha value is -4.31. The molecule has 1 aliphatic rings. The molecule has 10 heteroatoms. The first kappa shape index (κ1) is 25.3. The maximum Gasteiger partial charge on any atom is 0.255 e. The number of nitrogens with zero attached hydrogens (tertiary/aromatic N) is 3. The van der Waals surface area contributed by atoms with Crippen molar-refractivity contribution in [1.82, 2.24) is 14.8 Å². The van der Waals surface area contributed by atoms with Crippen molar-refractivity contribution < 1.29 is 19.0 Å². The number of allylic oxidation sites excluding steroid dienone is 1. The van der Waals surface area contributed by atoms with Gasteiger partial charge in [-0.25, -0.2) is 4.68 Å². The van der Waals surface area contributed by atoms with Crippen LogP contribution >= 0.6 is 15.9 Å². The summed E-state index contributed by atoms with van der Waals surface area (Å²) in [7, 11) is 4.67. The minimum Gasteiger partial charge on any atom is -0.493 e. The number of hydrogen-bond acceptors (Lipinski definition) is 7. The highest BCUT2D eigenvalue weighted by Crippen LogP contribution is 2.42. The number of fused-ring (bicyclic) bond motifs is 1. The number of ether oxygens (including phenoxy) is 3. The maximum atomic E-state index is 13.6. The number of anilines is 2. The lowest BCUT2D eigenvalue weighted by Crippen LogP contribution is -2.31. The van der Waals surface area contributed by atoms with Gasteiger partial charge in [-0.05, 0) is 48.9 Å². The van der Waals surface area contributed by atoms with E-state index in [1.54, 1.807) is 38.1 Å². The normalized spacial score (nSPS) is 14.4. The van der Waals surface area contributed by atoms with E-state index in [2.05, 4.69) is 26.6 Å². The van der Waals surface area contributed by atoms with E-state index in [4.69, 9.17) is 24.3 Å². The third-order valence-electron chi connectivity index (χ3n) is 6.22. The molecular weight excluding hydrogens is 550 g/mol. The van der Waals surface area contributed by atoms with Crippen LogP contribution in [0.5, 0.6) is 17.2 Å². The number of benzene rings is 3. The van der Waals surface area contributed by atoms with E-state index in [0.29, 0.717) is 51.5 Å². The van der Waals surface area contributed by atoms with Gasteiger partial charge in [0.05, 0.1) is 26.9 Å². The molecule has 2 N–H and O–H groups in total. The van der Waals surface area contributed by atoms with Gasteiger partial charge in [0.15, 0.2) is 17.3 Å². The number of hydrogen-bond donors (Lipinski definition) is 2. The monoisotopic (exact) mass is 575 g/mol. The van der Waals surface area contributed by atoms with Crippen molar-refractivity contribution in [3.8, 4) is 28.6 Å². The SMILES string of the molecule is COc1cc(-c2nc3n(n2)C(c2cccc(Br)c2)C(C(=O)Nc2ccccc2)=C(C)N3)cc(OC)c1OC. The second kappa shape index (κ2) is 10.6. The van der Waals surface area contributed by atoms with E-state index < -0.39 is 6.04 Å². The van der Waals surface area contributed by atoms with Gasteiger partial charge in [0.1, 0.15) is 6.04 Å². The standard InChI is InChI=1S/C28H26BrN5O4/c1-16-23(27(35)31-20-11-6-5-7-12-20)24(17-9-8-10-19(29)13-17)34-28(30-16)32-26(33-34)18-14-21(36-2)25(38-4)22(15-18)37-3/h5-15,24H,1-4H3,(H,31,35)(H,30,32,33). The third kappa shape index (κ3) is 4.70. The molecule has 0 radical (unpaired) electrons. The molecule has 1 atom stereocenters. The predicted molar refractivity (Wildman–Crippen MR) is 149 cm³/mol. The molecule has 1 amide bonds. The zero-order chi connectivity index (χ0) is 26.8. The summed E-state index contributed by atoms with van der Waals surface area (Å²) < 4.78 is 19.1. The minimum absolute atomic E-state index is 0.235. The van der Waals surface area contributed by atoms with Crippen molar-refractivity contribution in [2.75, 3.05) is 32.0 Å². The van der Waals surface area contributed by atoms with Crippen LogP contribution in [0.2, 0.25) is 0 Å². The Morgan fingerprint density at radius 2 is 1.68 bits per heavy atom. The largest absolute Gasteiger partial charge is 0.493 e. The molecular formula is C28H26BrN5O4. The van der Waals surface area contributed by atoms with Gasteiger partial charge in [0, 0.05) is 21.4 Å². The molecule has 5 rings (SSSR count). The fraction of sp³-hybridized carbons (Fsp3) is 0.179. The molecule has 1 unspecified atom stereocenters. The van der Waals surface area contributed by atoms with Crippen LogP contribution in [0.4, 0.5) is 11.6 Å². The first-order valence-electron chi connectivity index (χ1n) is 11.8. The Morgan fingerprint density at radius 1 is 0.974 bits per heavy atom. The number of rotatable bonds is 7. The zero-order valence-electron chi connectivity index (χ0n) is 21.3. The average Bonchev–Trinajstić information content (AvgIpc) is 3.35. The molecule has 0 saturated carbocycles. The van der Waals surface area contributed by atoms with Crippen LogP contribution in [0.25, 0.3) is 11.4 Å². The Bertz CT molecular complexity index is 1510. The van der Waals surface area contributed by atoms with Crippen LogP contribution in [0.15, 0.2) is 82.5 Å². The lowest BCUT2D eigenvalue weighted by molar-refractivity contribution is -0.113. The molecule has 0 saturated heterocycles. The molecule has 1 aromatic heterocycles. The summed E-state index contributed by atoms with van der Waals surface area (Å²) in [5, 5.41) is 11.1. The first-order valence-corrected chi connectivity index (χ1v) is 12.6. The molecule has 0 spiro atoms. The summed E-state index contributed by atoms with van der Waals surface area (Å²) in [5.74, 6) is 2.16. The number of carbonyl (C=O) groups excluding carboxylic acids is 1. The average molecular weight is 576 g/mol. The quantitative estimate of drug-likeness (QED) is 0.293. The van der Waals surface area contributed by atoms with Gasteiger partial charge >= 0.3 is 0 Å². The molecule has 0 aliphatic carbocycles. The molecule has 0 bridgehead atoms. The van der Waals surface area contributed by atoms with Gasteiger partial charge < -0.3 is 24.8 Å². The van der Waals surface area contributed by atoms with Gasteiger partial charge in [-0.15, -0.1) is 5.10 Å². The van der Waals surface area contributed by atoms with E-state index in [1.807, 2.05) is 61.5 Å². The fourth-order valence-corrected chi connectivity index (χ4v) is 4.90. The van der Waals surface area contributed by atoms with Gasteiger partial charge in [0.2, 0.25) is 11.7 Å². The van der Waals surface area contributed by atoms with E-state index in [9.17, 15) is 4.79 Å². The smallest absolute Gasteiger partial charge is 0.255 e. The number of halogens is 1. The lowest BCUT2D eigenvalue weighted by Gasteiger charge is -2.28. The number of carbonyl (C=O) groups is 1. The Balaban J connectivity index is 1.62. The van der Waals surface area contributed by atoms with Gasteiger partial charge in [-0.3, -0.25) is 4.79 Å². The van der Waals surface area contributed by atoms with E-state index in [-0.39, 0.29) is 5.91 Å². The zero-order valence-corrected chi connectivity index (χ0v) is 22.9. The van der Waals surface area contributed by atoms with Crippen molar-refractivity contribution in [3.05, 3.63) is 88.0 Å². The Kier molecular flexibility index (Phi) is 7.06. The summed E-state index contributed by atoms with van der Waals surface area (Å²) in [6, 6.07) is 20.2. The van der Waals surface area contributed by atoms with Crippen LogP contribution in [0.1, 0.15) is 18.5 Å². The van der Waals surface area contributed by atoms with Gasteiger partial charge in [0.25, 0.3) is 5.91 Å². The molecule has 194 valence electrons. The second-order valence-electron chi connectivity index (χ2n) is 8.56. The number of aromatic nitrogens is 3. The van der Waals surface area contributed by atoms with Crippen molar-refractivity contribution >= 4 is 33.5 Å². The summed E-state index contributed by atoms with van der Waals surface area (Å²) >= 11 is 3.56. The second-order valence-corrected chi connectivity index (χ2v) is 9.47. The van der Waals surface area contributed by atoms with E-state index in [0.717, 1.165) is 10.0 Å². The molecule has 0 fully saturated rings. The fourth-order valence-electron chi connectivity index (χ4n) is 4.48. The molecule has 38 heavy (non-hydrogen) atoms. The Morgan fingerprint density at radius 3 is 2.32 bits per heavy atom. The summed E-state index contributed by atoms with van der Waals surface area (Å²) in [6.07, 6.45) is 0. The van der Waals surface area contributed by atoms with Crippen molar-refractivity contribution in [2.24, 2.45) is 0 Å². The number of amides is 1. The van der Waals surface area contributed by atoms with E-state index >= 15 is 0 Å². The molecule has 2 heterocycles. The summed E-state index contributed by atoms with van der Waals surface area (Å²) in [6.45, 7) is 1.86. The van der Waals surface area contributed by atoms with Crippen LogP contribution in [-0.2, 0) is 4.79 Å². The minimum atomic E-state index is -0.532.